The van der Waals surface area contributed by atoms with Crippen molar-refractivity contribution in [1.29, 1.82) is 0 Å². The molecule has 0 radical (unpaired) electrons. The first-order chi connectivity index (χ1) is 10.6. The smallest absolute Gasteiger partial charge is 0.323 e. The number of hydrogen-bond donors (Lipinski definition) is 3. The molecule has 5 nitrogen and oxygen atoms in total. The van der Waals surface area contributed by atoms with Crippen molar-refractivity contribution < 1.29 is 9.59 Å². The summed E-state index contributed by atoms with van der Waals surface area (Å²) >= 11 is 0. The maximum Gasteiger partial charge on any atom is 0.323 e. The van der Waals surface area contributed by atoms with Crippen LogP contribution >= 0.6 is 0 Å². The number of carbonyl (C=O) groups excluding carboxylic acids is 2. The molecule has 0 bridgehead atoms. The molecule has 0 spiro atoms. The molecule has 2 amide bonds. The summed E-state index contributed by atoms with van der Waals surface area (Å²) in [5, 5.41) is 6.48. The van der Waals surface area contributed by atoms with E-state index in [1.54, 1.807) is 24.3 Å². The molecule has 0 saturated carbocycles. The number of benzene rings is 2. The fourth-order valence-corrected chi connectivity index (χ4v) is 2.30. The first-order valence-electron chi connectivity index (χ1n) is 6.88. The van der Waals surface area contributed by atoms with Gasteiger partial charge in [-0.15, -0.1) is 0 Å². The van der Waals surface area contributed by atoms with Crippen LogP contribution in [-0.2, 0) is 0 Å². The van der Waals surface area contributed by atoms with E-state index in [-0.39, 0.29) is 11.8 Å². The van der Waals surface area contributed by atoms with Crippen LogP contribution in [0.2, 0.25) is 0 Å². The number of urea groups is 1. The van der Waals surface area contributed by atoms with E-state index in [0.717, 1.165) is 16.6 Å². The number of H-pyrrole nitrogens is 1. The number of anilines is 2. The van der Waals surface area contributed by atoms with E-state index in [1.807, 2.05) is 30.5 Å². The highest BCUT2D eigenvalue weighted by Crippen LogP contribution is 2.22. The molecule has 1 heterocycles. The van der Waals surface area contributed by atoms with Gasteiger partial charge in [-0.3, -0.25) is 4.79 Å². The molecule has 0 aliphatic heterocycles. The van der Waals surface area contributed by atoms with Crippen molar-refractivity contribution in [2.45, 2.75) is 6.92 Å². The van der Waals surface area contributed by atoms with Crippen LogP contribution in [0.1, 0.15) is 17.3 Å². The molecule has 5 heteroatoms. The third-order valence-electron chi connectivity index (χ3n) is 3.37. The molecule has 1 aromatic heterocycles. The summed E-state index contributed by atoms with van der Waals surface area (Å²) in [5.41, 5.74) is 2.81. The predicted octanol–water partition coefficient (Wildman–Crippen LogP) is 4.01. The lowest BCUT2D eigenvalue weighted by molar-refractivity contribution is 0.101. The first kappa shape index (κ1) is 13.9. The van der Waals surface area contributed by atoms with Crippen LogP contribution in [0.3, 0.4) is 0 Å². The SMILES string of the molecule is CC(=O)c1cccc(NC(=O)Nc2cccc3[nH]ccc23)c1. The lowest BCUT2D eigenvalue weighted by Crippen LogP contribution is -2.19. The highest BCUT2D eigenvalue weighted by atomic mass is 16.2. The number of aromatic nitrogens is 1. The number of fused-ring (bicyclic) bond motifs is 1. The Hall–Kier alpha value is -3.08. The van der Waals surface area contributed by atoms with Gasteiger partial charge in [-0.25, -0.2) is 4.79 Å². The number of ketones is 1. The average Bonchev–Trinajstić information content (AvgIpc) is 2.97. The standard InChI is InChI=1S/C17H15N3O2/c1-11(21)12-4-2-5-13(10-12)19-17(22)20-16-7-3-6-15-14(16)8-9-18-15/h2-10,18H,1H3,(H2,19,20,22). The molecule has 110 valence electrons. The van der Waals surface area contributed by atoms with E-state index in [2.05, 4.69) is 15.6 Å². The Bertz CT molecular complexity index is 852. The lowest BCUT2D eigenvalue weighted by Gasteiger charge is -2.09. The minimum absolute atomic E-state index is 0.0406. The molecule has 3 rings (SSSR count). The molecule has 0 atom stereocenters. The van der Waals surface area contributed by atoms with Crippen molar-refractivity contribution in [3.8, 4) is 0 Å². The number of hydrogen-bond acceptors (Lipinski definition) is 2. The summed E-state index contributed by atoms with van der Waals surface area (Å²) in [7, 11) is 0. The first-order valence-corrected chi connectivity index (χ1v) is 6.88. The normalized spacial score (nSPS) is 10.4. The zero-order chi connectivity index (χ0) is 15.5. The number of aromatic amines is 1. The summed E-state index contributed by atoms with van der Waals surface area (Å²) in [6.45, 7) is 1.49. The van der Waals surface area contributed by atoms with E-state index >= 15 is 0 Å². The van der Waals surface area contributed by atoms with Crippen LogP contribution in [0.5, 0.6) is 0 Å². The van der Waals surface area contributed by atoms with Gasteiger partial charge in [0.2, 0.25) is 0 Å². The molecule has 0 unspecified atom stereocenters. The summed E-state index contributed by atoms with van der Waals surface area (Å²) in [4.78, 5) is 26.6. The minimum atomic E-state index is -0.352. The highest BCUT2D eigenvalue weighted by molar-refractivity contribution is 6.06. The summed E-state index contributed by atoms with van der Waals surface area (Å²) < 4.78 is 0. The highest BCUT2D eigenvalue weighted by Gasteiger charge is 2.07. The Kier molecular flexibility index (Phi) is 3.62. The Morgan fingerprint density at radius 2 is 1.82 bits per heavy atom. The van der Waals surface area contributed by atoms with Gasteiger partial charge in [0.05, 0.1) is 5.69 Å². The Morgan fingerprint density at radius 3 is 2.64 bits per heavy atom. The van der Waals surface area contributed by atoms with Gasteiger partial charge in [0, 0.05) is 28.4 Å². The zero-order valence-electron chi connectivity index (χ0n) is 12.0. The van der Waals surface area contributed by atoms with Crippen molar-refractivity contribution in [1.82, 2.24) is 4.98 Å². The summed E-state index contributed by atoms with van der Waals surface area (Å²) in [6, 6.07) is 14.0. The van der Waals surface area contributed by atoms with E-state index in [9.17, 15) is 9.59 Å². The maximum atomic E-state index is 12.1. The number of amides is 2. The van der Waals surface area contributed by atoms with Crippen LogP contribution in [-0.4, -0.2) is 16.8 Å². The molecule has 2 aromatic carbocycles. The second kappa shape index (κ2) is 5.73. The molecule has 0 saturated heterocycles. The summed E-state index contributed by atoms with van der Waals surface area (Å²) in [6.07, 6.45) is 1.82. The summed E-state index contributed by atoms with van der Waals surface area (Å²) in [5.74, 6) is -0.0406. The van der Waals surface area contributed by atoms with Gasteiger partial charge >= 0.3 is 6.03 Å². The molecular formula is C17H15N3O2. The van der Waals surface area contributed by atoms with Gasteiger partial charge in [0.15, 0.2) is 5.78 Å². The van der Waals surface area contributed by atoms with E-state index in [4.69, 9.17) is 0 Å². The third kappa shape index (κ3) is 2.83. The Morgan fingerprint density at radius 1 is 1.00 bits per heavy atom. The molecular weight excluding hydrogens is 278 g/mol. The lowest BCUT2D eigenvalue weighted by atomic mass is 10.1. The van der Waals surface area contributed by atoms with Gasteiger partial charge in [0.25, 0.3) is 0 Å². The number of Topliss-reactive ketones (excluding diaryl/α,β-unsaturated/α-hetero) is 1. The average molecular weight is 293 g/mol. The van der Waals surface area contributed by atoms with Crippen molar-refractivity contribution in [3.05, 3.63) is 60.3 Å². The van der Waals surface area contributed by atoms with Crippen LogP contribution in [0, 0.1) is 0 Å². The number of carbonyl (C=O) groups is 2. The topological polar surface area (TPSA) is 74.0 Å². The van der Waals surface area contributed by atoms with E-state index < -0.39 is 0 Å². The van der Waals surface area contributed by atoms with Gasteiger partial charge in [-0.2, -0.15) is 0 Å². The predicted molar refractivity (Wildman–Crippen MR) is 87.4 cm³/mol. The second-order valence-corrected chi connectivity index (χ2v) is 4.96. The molecule has 3 aromatic rings. The quantitative estimate of drug-likeness (QED) is 0.638. The van der Waals surface area contributed by atoms with E-state index in [1.165, 1.54) is 6.92 Å². The number of rotatable bonds is 3. The monoisotopic (exact) mass is 293 g/mol. The maximum absolute atomic E-state index is 12.1. The van der Waals surface area contributed by atoms with Gasteiger partial charge < -0.3 is 15.6 Å². The largest absolute Gasteiger partial charge is 0.361 e. The van der Waals surface area contributed by atoms with Crippen molar-refractivity contribution in [2.24, 2.45) is 0 Å². The Labute approximate surface area is 127 Å². The molecule has 3 N–H and O–H groups in total. The third-order valence-corrected chi connectivity index (χ3v) is 3.37. The van der Waals surface area contributed by atoms with Crippen LogP contribution < -0.4 is 10.6 Å². The van der Waals surface area contributed by atoms with Gasteiger partial charge in [-0.05, 0) is 37.3 Å². The molecule has 0 fully saturated rings. The fraction of sp³-hybridized carbons (Fsp3) is 0.0588. The van der Waals surface area contributed by atoms with Crippen molar-refractivity contribution in [2.75, 3.05) is 10.6 Å². The Balaban J connectivity index is 1.76. The van der Waals surface area contributed by atoms with Crippen molar-refractivity contribution in [3.63, 3.8) is 0 Å². The second-order valence-electron chi connectivity index (χ2n) is 4.96. The molecule has 0 aliphatic carbocycles. The molecule has 22 heavy (non-hydrogen) atoms. The van der Waals surface area contributed by atoms with Crippen LogP contribution in [0.4, 0.5) is 16.2 Å². The molecule has 0 aliphatic rings. The van der Waals surface area contributed by atoms with Gasteiger partial charge in [0.1, 0.15) is 0 Å². The van der Waals surface area contributed by atoms with E-state index in [0.29, 0.717) is 11.3 Å². The zero-order valence-corrected chi connectivity index (χ0v) is 12.0. The van der Waals surface area contributed by atoms with Crippen molar-refractivity contribution >= 4 is 34.1 Å². The minimum Gasteiger partial charge on any atom is -0.361 e. The van der Waals surface area contributed by atoms with Crippen LogP contribution in [0.25, 0.3) is 10.9 Å². The fourth-order valence-electron chi connectivity index (χ4n) is 2.30. The van der Waals surface area contributed by atoms with Crippen LogP contribution in [0.15, 0.2) is 54.7 Å². The number of nitrogens with one attached hydrogen (secondary N) is 3. The van der Waals surface area contributed by atoms with Gasteiger partial charge in [-0.1, -0.05) is 18.2 Å².